The fourth-order valence-corrected chi connectivity index (χ4v) is 4.86. The number of aryl methyl sites for hydroxylation is 1. The Kier molecular flexibility index (Phi) is 7.96. The van der Waals surface area contributed by atoms with Crippen molar-refractivity contribution in [2.45, 2.75) is 57.5 Å². The van der Waals surface area contributed by atoms with Gasteiger partial charge in [-0.2, -0.15) is 0 Å². The summed E-state index contributed by atoms with van der Waals surface area (Å²) in [7, 11) is 0. The molecule has 0 heterocycles. The SMILES string of the molecule is Cc1cc(OC2CCC(C(=O)O)CC2)ccc1C(=O)NCCNC(=O)c1ccc(C2CC2)c(Cl)c1. The summed E-state index contributed by atoms with van der Waals surface area (Å²) in [6, 6.07) is 10.7. The van der Waals surface area contributed by atoms with Crippen LogP contribution in [0.5, 0.6) is 5.75 Å². The molecule has 8 heteroatoms. The second-order valence-electron chi connectivity index (χ2n) is 9.43. The number of carbonyl (C=O) groups is 3. The van der Waals surface area contributed by atoms with Gasteiger partial charge in [-0.3, -0.25) is 14.4 Å². The number of carboxylic acids is 1. The molecule has 0 unspecified atom stereocenters. The van der Waals surface area contributed by atoms with E-state index in [-0.39, 0.29) is 23.8 Å². The molecule has 2 aromatic rings. The van der Waals surface area contributed by atoms with Crippen LogP contribution in [0, 0.1) is 12.8 Å². The summed E-state index contributed by atoms with van der Waals surface area (Å²) in [5, 5.41) is 15.4. The molecule has 2 amide bonds. The fourth-order valence-electron chi connectivity index (χ4n) is 4.53. The fraction of sp³-hybridized carbons (Fsp3) is 0.444. The van der Waals surface area contributed by atoms with Crippen LogP contribution in [0.2, 0.25) is 5.02 Å². The van der Waals surface area contributed by atoms with Crippen molar-refractivity contribution >= 4 is 29.4 Å². The summed E-state index contributed by atoms with van der Waals surface area (Å²) >= 11 is 6.31. The van der Waals surface area contributed by atoms with Crippen LogP contribution in [0.3, 0.4) is 0 Å². The molecular formula is C27H31ClN2O5. The molecule has 4 rings (SSSR count). The molecule has 0 spiro atoms. The summed E-state index contributed by atoms with van der Waals surface area (Å²) in [5.74, 6) is -0.255. The second-order valence-corrected chi connectivity index (χ2v) is 9.84. The monoisotopic (exact) mass is 498 g/mol. The van der Waals surface area contributed by atoms with E-state index in [0.717, 1.165) is 24.0 Å². The maximum Gasteiger partial charge on any atom is 0.306 e. The van der Waals surface area contributed by atoms with Gasteiger partial charge in [-0.15, -0.1) is 0 Å². The molecule has 0 aromatic heterocycles. The van der Waals surface area contributed by atoms with E-state index in [0.29, 0.717) is 66.6 Å². The summed E-state index contributed by atoms with van der Waals surface area (Å²) in [5.41, 5.74) is 2.94. The normalized spacial score (nSPS) is 19.6. The van der Waals surface area contributed by atoms with Gasteiger partial charge in [0.15, 0.2) is 0 Å². The number of carbonyl (C=O) groups excluding carboxylic acids is 2. The Morgan fingerprint density at radius 2 is 1.63 bits per heavy atom. The largest absolute Gasteiger partial charge is 0.490 e. The first-order valence-electron chi connectivity index (χ1n) is 12.2. The van der Waals surface area contributed by atoms with E-state index in [1.165, 1.54) is 0 Å². The van der Waals surface area contributed by atoms with Crippen LogP contribution in [0.4, 0.5) is 0 Å². The highest BCUT2D eigenvalue weighted by Gasteiger charge is 2.27. The van der Waals surface area contributed by atoms with Crippen molar-refractivity contribution < 1.29 is 24.2 Å². The number of ether oxygens (including phenoxy) is 1. The Labute approximate surface area is 210 Å². The van der Waals surface area contributed by atoms with Crippen LogP contribution in [-0.2, 0) is 4.79 Å². The van der Waals surface area contributed by atoms with Crippen molar-refractivity contribution in [1.29, 1.82) is 0 Å². The number of rotatable bonds is 9. The molecule has 2 fully saturated rings. The lowest BCUT2D eigenvalue weighted by atomic mass is 9.87. The quantitative estimate of drug-likeness (QED) is 0.434. The van der Waals surface area contributed by atoms with Crippen LogP contribution >= 0.6 is 11.6 Å². The van der Waals surface area contributed by atoms with E-state index in [4.69, 9.17) is 21.4 Å². The van der Waals surface area contributed by atoms with Crippen LogP contribution in [0.25, 0.3) is 0 Å². The van der Waals surface area contributed by atoms with Crippen molar-refractivity contribution in [3.8, 4) is 5.75 Å². The minimum absolute atomic E-state index is 0.00641. The molecule has 0 atom stereocenters. The first-order valence-corrected chi connectivity index (χ1v) is 12.6. The highest BCUT2D eigenvalue weighted by Crippen LogP contribution is 2.43. The van der Waals surface area contributed by atoms with Gasteiger partial charge < -0.3 is 20.5 Å². The molecule has 2 aromatic carbocycles. The molecule has 7 nitrogen and oxygen atoms in total. The predicted molar refractivity (Wildman–Crippen MR) is 133 cm³/mol. The highest BCUT2D eigenvalue weighted by atomic mass is 35.5. The number of hydrogen-bond donors (Lipinski definition) is 3. The van der Waals surface area contributed by atoms with Crippen LogP contribution in [0.15, 0.2) is 36.4 Å². The summed E-state index contributed by atoms with van der Waals surface area (Å²) < 4.78 is 6.02. The van der Waals surface area contributed by atoms with Gasteiger partial charge in [0.05, 0.1) is 12.0 Å². The third-order valence-corrected chi connectivity index (χ3v) is 7.07. The average molecular weight is 499 g/mol. The third kappa shape index (κ3) is 6.54. The van der Waals surface area contributed by atoms with Gasteiger partial charge in [-0.05, 0) is 92.8 Å². The van der Waals surface area contributed by atoms with Crippen LogP contribution in [-0.4, -0.2) is 42.1 Å². The average Bonchev–Trinajstić information content (AvgIpc) is 3.67. The number of halogens is 1. The molecule has 35 heavy (non-hydrogen) atoms. The topological polar surface area (TPSA) is 105 Å². The van der Waals surface area contributed by atoms with Gasteiger partial charge >= 0.3 is 5.97 Å². The first-order chi connectivity index (χ1) is 16.8. The molecule has 0 radical (unpaired) electrons. The zero-order valence-corrected chi connectivity index (χ0v) is 20.6. The van der Waals surface area contributed by atoms with E-state index in [2.05, 4.69) is 10.6 Å². The van der Waals surface area contributed by atoms with Gasteiger partial charge in [0.1, 0.15) is 5.75 Å². The number of nitrogens with one attached hydrogen (secondary N) is 2. The lowest BCUT2D eigenvalue weighted by Gasteiger charge is -2.27. The molecular weight excluding hydrogens is 468 g/mol. The zero-order valence-electron chi connectivity index (χ0n) is 19.8. The van der Waals surface area contributed by atoms with Crippen molar-refractivity contribution in [2.75, 3.05) is 13.1 Å². The molecule has 2 aliphatic carbocycles. The van der Waals surface area contributed by atoms with Crippen molar-refractivity contribution in [3.63, 3.8) is 0 Å². The van der Waals surface area contributed by atoms with Gasteiger partial charge in [0.25, 0.3) is 11.8 Å². The van der Waals surface area contributed by atoms with Crippen molar-refractivity contribution in [2.24, 2.45) is 5.92 Å². The summed E-state index contributed by atoms with van der Waals surface area (Å²) in [6.07, 6.45) is 4.95. The standard InChI is InChI=1S/C27H31ClN2O5/c1-16-14-21(35-20-7-4-18(5-8-20)27(33)34)9-11-22(16)26(32)30-13-12-29-25(31)19-6-10-23(17-2-3-17)24(28)15-19/h6,9-11,14-15,17-18,20H,2-5,7-8,12-13H2,1H3,(H,29,31)(H,30,32)(H,33,34). The number of hydrogen-bond acceptors (Lipinski definition) is 4. The molecule has 0 saturated heterocycles. The molecule has 186 valence electrons. The van der Waals surface area contributed by atoms with Crippen LogP contribution < -0.4 is 15.4 Å². The Balaban J connectivity index is 1.21. The van der Waals surface area contributed by atoms with Crippen molar-refractivity contribution in [3.05, 3.63) is 63.7 Å². The van der Waals surface area contributed by atoms with E-state index in [9.17, 15) is 14.4 Å². The molecule has 0 aliphatic heterocycles. The number of aliphatic carboxylic acids is 1. The lowest BCUT2D eigenvalue weighted by Crippen LogP contribution is -2.35. The number of carboxylic acid groups (broad SMARTS) is 1. The van der Waals surface area contributed by atoms with Crippen LogP contribution in [0.1, 0.15) is 76.3 Å². The molecule has 3 N–H and O–H groups in total. The molecule has 2 aliphatic rings. The lowest BCUT2D eigenvalue weighted by molar-refractivity contribution is -0.143. The maximum absolute atomic E-state index is 12.6. The molecule has 0 bridgehead atoms. The minimum atomic E-state index is -0.735. The van der Waals surface area contributed by atoms with E-state index >= 15 is 0 Å². The second kappa shape index (κ2) is 11.1. The Morgan fingerprint density at radius 3 is 2.23 bits per heavy atom. The first kappa shape index (κ1) is 25.0. The van der Waals surface area contributed by atoms with Gasteiger partial charge in [0, 0.05) is 29.2 Å². The minimum Gasteiger partial charge on any atom is -0.490 e. The Morgan fingerprint density at radius 1 is 0.943 bits per heavy atom. The molecule has 2 saturated carbocycles. The Hall–Kier alpha value is -3.06. The number of amides is 2. The van der Waals surface area contributed by atoms with Gasteiger partial charge in [-0.25, -0.2) is 0 Å². The number of benzene rings is 2. The van der Waals surface area contributed by atoms with Crippen molar-refractivity contribution in [1.82, 2.24) is 10.6 Å². The van der Waals surface area contributed by atoms with E-state index in [1.807, 2.05) is 19.1 Å². The summed E-state index contributed by atoms with van der Waals surface area (Å²) in [4.78, 5) is 36.1. The third-order valence-electron chi connectivity index (χ3n) is 6.74. The smallest absolute Gasteiger partial charge is 0.306 e. The van der Waals surface area contributed by atoms with E-state index < -0.39 is 5.97 Å². The maximum atomic E-state index is 12.6. The Bertz CT molecular complexity index is 1110. The predicted octanol–water partition coefficient (Wildman–Crippen LogP) is 4.71. The summed E-state index contributed by atoms with van der Waals surface area (Å²) in [6.45, 7) is 2.44. The van der Waals surface area contributed by atoms with E-state index in [1.54, 1.807) is 24.3 Å². The highest BCUT2D eigenvalue weighted by molar-refractivity contribution is 6.31. The zero-order chi connectivity index (χ0) is 24.9. The van der Waals surface area contributed by atoms with Gasteiger partial charge in [0.2, 0.25) is 0 Å². The van der Waals surface area contributed by atoms with Gasteiger partial charge in [-0.1, -0.05) is 17.7 Å².